The molecule has 1 amide bonds. The minimum Gasteiger partial charge on any atom is -0.379 e. The predicted molar refractivity (Wildman–Crippen MR) is 78.3 cm³/mol. The van der Waals surface area contributed by atoms with Crippen LogP contribution in [-0.2, 0) is 14.3 Å². The summed E-state index contributed by atoms with van der Waals surface area (Å²) in [5.41, 5.74) is 0. The van der Waals surface area contributed by atoms with Gasteiger partial charge in [0.1, 0.15) is 0 Å². The van der Waals surface area contributed by atoms with Gasteiger partial charge in [-0.25, -0.2) is 0 Å². The average molecular weight is 273 g/mol. The molecule has 4 nitrogen and oxygen atoms in total. The lowest BCUT2D eigenvalue weighted by molar-refractivity contribution is -0.131. The molecule has 0 N–H and O–H groups in total. The van der Waals surface area contributed by atoms with E-state index in [4.69, 9.17) is 9.47 Å². The molecule has 0 bridgehead atoms. The van der Waals surface area contributed by atoms with Gasteiger partial charge in [0, 0.05) is 33.7 Å². The molecule has 0 radical (unpaired) electrons. The molecule has 0 saturated heterocycles. The Bertz CT molecular complexity index is 221. The second kappa shape index (κ2) is 12.4. The largest absolute Gasteiger partial charge is 0.379 e. The molecular formula is C15H31NO3. The zero-order chi connectivity index (χ0) is 14.5. The van der Waals surface area contributed by atoms with Crippen LogP contribution in [0.2, 0.25) is 0 Å². The molecule has 0 aliphatic rings. The summed E-state index contributed by atoms with van der Waals surface area (Å²) in [7, 11) is 1.67. The maximum atomic E-state index is 11.3. The molecule has 19 heavy (non-hydrogen) atoms. The second-order valence-electron chi connectivity index (χ2n) is 4.90. The predicted octanol–water partition coefficient (Wildman–Crippen LogP) is 2.86. The summed E-state index contributed by atoms with van der Waals surface area (Å²) in [4.78, 5) is 13.1. The van der Waals surface area contributed by atoms with Crippen LogP contribution in [0.5, 0.6) is 0 Å². The van der Waals surface area contributed by atoms with E-state index < -0.39 is 0 Å². The normalized spacial score (nSPS) is 12.4. The smallest absolute Gasteiger partial charge is 0.219 e. The number of nitrogens with zero attached hydrogens (tertiary/aromatic N) is 1. The first-order valence-corrected chi connectivity index (χ1v) is 7.51. The monoisotopic (exact) mass is 273 g/mol. The van der Waals surface area contributed by atoms with Gasteiger partial charge in [-0.1, -0.05) is 32.6 Å². The summed E-state index contributed by atoms with van der Waals surface area (Å²) in [6.07, 6.45) is 6.19. The highest BCUT2D eigenvalue weighted by Crippen LogP contribution is 2.03. The van der Waals surface area contributed by atoms with Gasteiger partial charge >= 0.3 is 0 Å². The van der Waals surface area contributed by atoms with Gasteiger partial charge in [0.15, 0.2) is 0 Å². The molecule has 114 valence electrons. The van der Waals surface area contributed by atoms with Crippen molar-refractivity contribution >= 4 is 5.91 Å². The van der Waals surface area contributed by atoms with Gasteiger partial charge in [0.05, 0.1) is 12.7 Å². The molecule has 0 spiro atoms. The number of amides is 1. The number of carbonyl (C=O) groups excluding carboxylic acids is 1. The van der Waals surface area contributed by atoms with Crippen LogP contribution in [0, 0.1) is 0 Å². The van der Waals surface area contributed by atoms with Crippen molar-refractivity contribution in [1.82, 2.24) is 4.90 Å². The molecule has 0 fully saturated rings. The zero-order valence-electron chi connectivity index (χ0n) is 13.1. The molecule has 0 aromatic carbocycles. The summed E-state index contributed by atoms with van der Waals surface area (Å²) < 4.78 is 11.0. The van der Waals surface area contributed by atoms with Crippen LogP contribution in [0.1, 0.15) is 52.9 Å². The third-order valence-corrected chi connectivity index (χ3v) is 3.28. The molecule has 0 aliphatic carbocycles. The lowest BCUT2D eigenvalue weighted by Crippen LogP contribution is -2.38. The van der Waals surface area contributed by atoms with Crippen LogP contribution in [0.25, 0.3) is 0 Å². The standard InChI is InChI=1S/C15H31NO3/c1-5-7-8-9-10-11-19-13-15(18-4)12-16(6-2)14(3)17/h15H,5-13H2,1-4H3. The maximum absolute atomic E-state index is 11.3. The van der Waals surface area contributed by atoms with Crippen molar-refractivity contribution in [3.8, 4) is 0 Å². The van der Waals surface area contributed by atoms with Crippen molar-refractivity contribution in [2.75, 3.05) is 33.4 Å². The van der Waals surface area contributed by atoms with Crippen molar-refractivity contribution < 1.29 is 14.3 Å². The molecule has 0 aliphatic heterocycles. The van der Waals surface area contributed by atoms with Crippen LogP contribution in [0.3, 0.4) is 0 Å². The molecule has 1 atom stereocenters. The number of unbranched alkanes of at least 4 members (excludes halogenated alkanes) is 4. The van der Waals surface area contributed by atoms with E-state index in [1.807, 2.05) is 6.92 Å². The average Bonchev–Trinajstić information content (AvgIpc) is 2.40. The Morgan fingerprint density at radius 2 is 1.84 bits per heavy atom. The highest BCUT2D eigenvalue weighted by Gasteiger charge is 2.14. The Morgan fingerprint density at radius 1 is 1.16 bits per heavy atom. The van der Waals surface area contributed by atoms with Gasteiger partial charge in [0.25, 0.3) is 0 Å². The molecule has 0 aromatic rings. The number of likely N-dealkylation sites (N-methyl/N-ethyl adjacent to an activating group) is 1. The quantitative estimate of drug-likeness (QED) is 0.513. The SMILES string of the molecule is CCCCCCCOCC(CN(CC)C(C)=O)OC. The molecule has 0 rings (SSSR count). The number of hydrogen-bond acceptors (Lipinski definition) is 3. The molecule has 0 saturated carbocycles. The van der Waals surface area contributed by atoms with E-state index in [2.05, 4.69) is 6.92 Å². The number of hydrogen-bond donors (Lipinski definition) is 0. The highest BCUT2D eigenvalue weighted by molar-refractivity contribution is 5.73. The molecule has 0 aromatic heterocycles. The molecular weight excluding hydrogens is 242 g/mol. The first kappa shape index (κ1) is 18.4. The minimum absolute atomic E-state index is 0.0282. The minimum atomic E-state index is -0.0282. The van der Waals surface area contributed by atoms with Crippen LogP contribution in [0.4, 0.5) is 0 Å². The fourth-order valence-electron chi connectivity index (χ4n) is 1.94. The fraction of sp³-hybridized carbons (Fsp3) is 0.933. The van der Waals surface area contributed by atoms with Gasteiger partial charge in [-0.2, -0.15) is 0 Å². The van der Waals surface area contributed by atoms with Gasteiger partial charge in [-0.05, 0) is 13.3 Å². The second-order valence-corrected chi connectivity index (χ2v) is 4.90. The Hall–Kier alpha value is -0.610. The lowest BCUT2D eigenvalue weighted by Gasteiger charge is -2.24. The number of ether oxygens (including phenoxy) is 2. The van der Waals surface area contributed by atoms with Crippen molar-refractivity contribution in [1.29, 1.82) is 0 Å². The van der Waals surface area contributed by atoms with Crippen molar-refractivity contribution in [3.63, 3.8) is 0 Å². The van der Waals surface area contributed by atoms with Crippen LogP contribution < -0.4 is 0 Å². The summed E-state index contributed by atoms with van der Waals surface area (Å²) in [6, 6.07) is 0. The lowest BCUT2D eigenvalue weighted by atomic mass is 10.2. The zero-order valence-corrected chi connectivity index (χ0v) is 13.1. The summed E-state index contributed by atoms with van der Waals surface area (Å²) in [5.74, 6) is 0.0871. The molecule has 0 heterocycles. The molecule has 1 unspecified atom stereocenters. The van der Waals surface area contributed by atoms with Crippen LogP contribution >= 0.6 is 0 Å². The summed E-state index contributed by atoms with van der Waals surface area (Å²) in [5, 5.41) is 0. The Kier molecular flexibility index (Phi) is 12.0. The first-order valence-electron chi connectivity index (χ1n) is 7.51. The Morgan fingerprint density at radius 3 is 2.37 bits per heavy atom. The Labute approximate surface area is 118 Å². The van der Waals surface area contributed by atoms with Gasteiger partial charge in [0.2, 0.25) is 5.91 Å². The first-order chi connectivity index (χ1) is 9.15. The number of rotatable bonds is 12. The highest BCUT2D eigenvalue weighted by atomic mass is 16.5. The number of methoxy groups -OCH3 is 1. The third kappa shape index (κ3) is 9.91. The summed E-state index contributed by atoms with van der Waals surface area (Å²) >= 11 is 0. The van der Waals surface area contributed by atoms with Gasteiger partial charge in [-0.15, -0.1) is 0 Å². The topological polar surface area (TPSA) is 38.8 Å². The number of carbonyl (C=O) groups is 1. The van der Waals surface area contributed by atoms with Crippen LogP contribution in [-0.4, -0.2) is 50.3 Å². The van der Waals surface area contributed by atoms with Gasteiger partial charge in [-0.3, -0.25) is 4.79 Å². The summed E-state index contributed by atoms with van der Waals surface area (Å²) in [6.45, 7) is 8.45. The third-order valence-electron chi connectivity index (χ3n) is 3.28. The van der Waals surface area contributed by atoms with Crippen molar-refractivity contribution in [2.45, 2.75) is 59.0 Å². The maximum Gasteiger partial charge on any atom is 0.219 e. The van der Waals surface area contributed by atoms with E-state index in [0.717, 1.165) is 13.0 Å². The van der Waals surface area contributed by atoms with Crippen molar-refractivity contribution in [3.05, 3.63) is 0 Å². The fourth-order valence-corrected chi connectivity index (χ4v) is 1.94. The van der Waals surface area contributed by atoms with E-state index in [0.29, 0.717) is 19.7 Å². The van der Waals surface area contributed by atoms with Crippen molar-refractivity contribution in [2.24, 2.45) is 0 Å². The molecule has 4 heteroatoms. The van der Waals surface area contributed by atoms with E-state index in [1.165, 1.54) is 25.7 Å². The van der Waals surface area contributed by atoms with Crippen LogP contribution in [0.15, 0.2) is 0 Å². The van der Waals surface area contributed by atoms with Gasteiger partial charge < -0.3 is 14.4 Å². The van der Waals surface area contributed by atoms with E-state index in [1.54, 1.807) is 18.9 Å². The van der Waals surface area contributed by atoms with E-state index >= 15 is 0 Å². The van der Waals surface area contributed by atoms with E-state index in [-0.39, 0.29) is 12.0 Å². The Balaban J connectivity index is 3.67. The van der Waals surface area contributed by atoms with E-state index in [9.17, 15) is 4.79 Å².